The second-order valence-corrected chi connectivity index (χ2v) is 3.55. The van der Waals surface area contributed by atoms with Gasteiger partial charge >= 0.3 is 0 Å². The quantitative estimate of drug-likeness (QED) is 0.562. The Labute approximate surface area is 69.3 Å². The van der Waals surface area contributed by atoms with Crippen LogP contribution in [-0.4, -0.2) is 30.7 Å². The molecule has 0 spiro atoms. The van der Waals surface area contributed by atoms with Gasteiger partial charge in [0.25, 0.3) is 0 Å². The number of hydrogen-bond acceptors (Lipinski definition) is 2. The van der Waals surface area contributed by atoms with Crippen molar-refractivity contribution in [3.8, 4) is 0 Å². The van der Waals surface area contributed by atoms with E-state index in [1.165, 1.54) is 0 Å². The Morgan fingerprint density at radius 2 is 2.18 bits per heavy atom. The highest BCUT2D eigenvalue weighted by Gasteiger charge is 2.45. The first-order valence-corrected chi connectivity index (χ1v) is 4.12. The second kappa shape index (κ2) is 2.79. The molecular weight excluding hydrogens is 139 g/mol. The van der Waals surface area contributed by atoms with Gasteiger partial charge < -0.3 is 9.84 Å². The summed E-state index contributed by atoms with van der Waals surface area (Å²) in [5, 5.41) is 9.68. The van der Waals surface area contributed by atoms with Gasteiger partial charge in [-0.3, -0.25) is 0 Å². The first kappa shape index (κ1) is 9.08. The van der Waals surface area contributed by atoms with Crippen molar-refractivity contribution in [1.82, 2.24) is 0 Å². The molecule has 1 N–H and O–H groups in total. The minimum atomic E-state index is -0.432. The van der Waals surface area contributed by atoms with Gasteiger partial charge in [0.15, 0.2) is 0 Å². The average molecular weight is 154 g/mol. The summed E-state index contributed by atoms with van der Waals surface area (Å²) in [5.74, 6) is 0.0416. The maximum Gasteiger partial charge on any atom is 0.109 e. The van der Waals surface area contributed by atoms with Gasteiger partial charge in [0.05, 0.1) is 11.7 Å². The molecule has 11 heavy (non-hydrogen) atoms. The molecule has 1 heterocycles. The van der Waals surface area contributed by atoms with Crippen LogP contribution in [0.25, 0.3) is 0 Å². The van der Waals surface area contributed by atoms with Gasteiger partial charge in [0, 0.05) is 11.9 Å². The van der Waals surface area contributed by atoms with Crippen LogP contribution >= 0.6 is 0 Å². The average Bonchev–Trinajstić information content (AvgIpc) is 2.17. The first-order valence-electron chi connectivity index (χ1n) is 4.12. The van der Waals surface area contributed by atoms with E-state index in [4.69, 9.17) is 12.6 Å². The van der Waals surface area contributed by atoms with Crippen LogP contribution in [0.15, 0.2) is 0 Å². The number of aliphatic hydroxyl groups excluding tert-OH is 1. The van der Waals surface area contributed by atoms with Crippen LogP contribution in [0.5, 0.6) is 0 Å². The number of aliphatic hydroxyl groups is 1. The normalized spacial score (nSPS) is 51.5. The van der Waals surface area contributed by atoms with Gasteiger partial charge in [-0.2, -0.15) is 0 Å². The lowest BCUT2D eigenvalue weighted by atomic mass is 9.83. The molecule has 0 unspecified atom stereocenters. The molecule has 62 valence electrons. The van der Waals surface area contributed by atoms with E-state index in [2.05, 4.69) is 0 Å². The molecule has 2 radical (unpaired) electrons. The summed E-state index contributed by atoms with van der Waals surface area (Å²) in [5.41, 5.74) is -0.432. The van der Waals surface area contributed by atoms with E-state index in [1.54, 1.807) is 0 Å². The molecule has 0 aromatic rings. The molecular formula is C8H15BO2. The summed E-state index contributed by atoms with van der Waals surface area (Å²) in [4.78, 5) is 0. The molecule has 1 saturated heterocycles. The Bertz CT molecular complexity index is 151. The number of hydrogen-bond donors (Lipinski definition) is 1. The van der Waals surface area contributed by atoms with E-state index in [0.29, 0.717) is 0 Å². The van der Waals surface area contributed by atoms with Gasteiger partial charge in [-0.25, -0.2) is 0 Å². The summed E-state index contributed by atoms with van der Waals surface area (Å²) >= 11 is 0. The molecule has 0 bridgehead atoms. The highest BCUT2D eigenvalue weighted by molar-refractivity contribution is 6.11. The van der Waals surface area contributed by atoms with Crippen molar-refractivity contribution >= 4 is 7.85 Å². The van der Waals surface area contributed by atoms with E-state index >= 15 is 0 Å². The van der Waals surface area contributed by atoms with Crippen LogP contribution in [0, 0.1) is 5.92 Å². The van der Waals surface area contributed by atoms with Crippen molar-refractivity contribution in [1.29, 1.82) is 0 Å². The standard InChI is InChI=1S/C8H15BO2/c1-4-8(3)6(10)5(2)7(9)11-8/h5-7,10H,4H2,1-3H3/t5-,6+,7-,8-/m1/s1. The van der Waals surface area contributed by atoms with Gasteiger partial charge in [-0.1, -0.05) is 13.8 Å². The lowest BCUT2D eigenvalue weighted by Gasteiger charge is -2.26. The van der Waals surface area contributed by atoms with Gasteiger partial charge in [0.1, 0.15) is 7.85 Å². The molecule has 0 aromatic carbocycles. The summed E-state index contributed by atoms with van der Waals surface area (Å²) in [6.07, 6.45) is 0.370. The second-order valence-electron chi connectivity index (χ2n) is 3.55. The smallest absolute Gasteiger partial charge is 0.109 e. The summed E-state index contributed by atoms with van der Waals surface area (Å²) in [7, 11) is 5.64. The zero-order valence-corrected chi connectivity index (χ0v) is 7.37. The van der Waals surface area contributed by atoms with Crippen molar-refractivity contribution in [3.63, 3.8) is 0 Å². The highest BCUT2D eigenvalue weighted by atomic mass is 16.5. The lowest BCUT2D eigenvalue weighted by Crippen LogP contribution is -2.36. The van der Waals surface area contributed by atoms with Crippen molar-refractivity contribution in [2.24, 2.45) is 5.92 Å². The van der Waals surface area contributed by atoms with E-state index in [-0.39, 0.29) is 11.9 Å². The monoisotopic (exact) mass is 154 g/mol. The van der Waals surface area contributed by atoms with Crippen molar-refractivity contribution in [2.75, 3.05) is 0 Å². The molecule has 0 aromatic heterocycles. The van der Waals surface area contributed by atoms with Crippen LogP contribution < -0.4 is 0 Å². The molecule has 1 aliphatic heterocycles. The van der Waals surface area contributed by atoms with Crippen LogP contribution in [-0.2, 0) is 4.74 Å². The van der Waals surface area contributed by atoms with Gasteiger partial charge in [-0.15, -0.1) is 0 Å². The third-order valence-corrected chi connectivity index (χ3v) is 2.75. The maximum atomic E-state index is 9.68. The van der Waals surface area contributed by atoms with Crippen molar-refractivity contribution < 1.29 is 9.84 Å². The van der Waals surface area contributed by atoms with Crippen LogP contribution in [0.4, 0.5) is 0 Å². The van der Waals surface area contributed by atoms with E-state index in [1.807, 2.05) is 20.8 Å². The fourth-order valence-corrected chi connectivity index (χ4v) is 1.52. The molecule has 2 nitrogen and oxygen atoms in total. The van der Waals surface area contributed by atoms with E-state index in [0.717, 1.165) is 6.42 Å². The highest BCUT2D eigenvalue weighted by Crippen LogP contribution is 2.35. The molecule has 4 atom stereocenters. The maximum absolute atomic E-state index is 9.68. The molecule has 1 fully saturated rings. The molecule has 0 saturated carbocycles. The van der Waals surface area contributed by atoms with Crippen LogP contribution in [0.3, 0.4) is 0 Å². The van der Waals surface area contributed by atoms with E-state index in [9.17, 15) is 5.11 Å². The Morgan fingerprint density at radius 3 is 2.36 bits per heavy atom. The van der Waals surface area contributed by atoms with Gasteiger partial charge in [-0.05, 0) is 13.3 Å². The number of ether oxygens (including phenoxy) is 1. The zero-order valence-electron chi connectivity index (χ0n) is 7.37. The first-order chi connectivity index (χ1) is 5.01. The molecule has 3 heteroatoms. The number of rotatable bonds is 1. The Balaban J connectivity index is 2.73. The van der Waals surface area contributed by atoms with Crippen molar-refractivity contribution in [2.45, 2.75) is 44.9 Å². The minimum Gasteiger partial charge on any atom is -0.390 e. The van der Waals surface area contributed by atoms with Crippen LogP contribution in [0.2, 0.25) is 0 Å². The van der Waals surface area contributed by atoms with E-state index < -0.39 is 11.7 Å². The zero-order chi connectivity index (χ0) is 8.65. The summed E-state index contributed by atoms with van der Waals surface area (Å²) in [6, 6.07) is -0.310. The predicted molar refractivity (Wildman–Crippen MR) is 44.5 cm³/mol. The lowest BCUT2D eigenvalue weighted by molar-refractivity contribution is -0.0552. The Morgan fingerprint density at radius 1 is 1.64 bits per heavy atom. The molecule has 1 aliphatic rings. The largest absolute Gasteiger partial charge is 0.390 e. The third-order valence-electron chi connectivity index (χ3n) is 2.75. The molecule has 1 rings (SSSR count). The predicted octanol–water partition coefficient (Wildman–Crippen LogP) is 0.677. The summed E-state index contributed by atoms with van der Waals surface area (Å²) < 4.78 is 5.45. The molecule has 0 amide bonds. The third kappa shape index (κ3) is 1.32. The van der Waals surface area contributed by atoms with Crippen molar-refractivity contribution in [3.05, 3.63) is 0 Å². The Kier molecular flexibility index (Phi) is 2.31. The van der Waals surface area contributed by atoms with Gasteiger partial charge in [0.2, 0.25) is 0 Å². The molecule has 0 aliphatic carbocycles. The Hall–Kier alpha value is -0.0151. The van der Waals surface area contributed by atoms with Crippen LogP contribution in [0.1, 0.15) is 27.2 Å². The summed E-state index contributed by atoms with van der Waals surface area (Å²) in [6.45, 7) is 5.81. The fraction of sp³-hybridized carbons (Fsp3) is 1.00. The minimum absolute atomic E-state index is 0.0416. The topological polar surface area (TPSA) is 29.5 Å². The SMILES string of the molecule is [B][C@@H]1O[C@](C)(CC)[C@@H](O)[C@H]1C. The fourth-order valence-electron chi connectivity index (χ4n) is 1.52.